The van der Waals surface area contributed by atoms with Gasteiger partial charge in [-0.15, -0.1) is 0 Å². The minimum absolute atomic E-state index is 0.159. The molecule has 1 atom stereocenters. The molecule has 0 saturated carbocycles. The van der Waals surface area contributed by atoms with Crippen LogP contribution in [0, 0.1) is 6.92 Å². The molecule has 2 heterocycles. The summed E-state index contributed by atoms with van der Waals surface area (Å²) in [6.07, 6.45) is 2.09. The normalized spacial score (nSPS) is 16.9. The lowest BCUT2D eigenvalue weighted by Gasteiger charge is -2.37. The van der Waals surface area contributed by atoms with Gasteiger partial charge in [0.15, 0.2) is 5.11 Å². The van der Waals surface area contributed by atoms with Crippen LogP contribution in [0.2, 0.25) is 0 Å². The number of anilines is 1. The highest BCUT2D eigenvalue weighted by Crippen LogP contribution is 2.28. The Morgan fingerprint density at radius 3 is 2.64 bits per heavy atom. The number of aryl methyl sites for hydroxylation is 1. The van der Waals surface area contributed by atoms with E-state index in [0.717, 1.165) is 24.3 Å². The van der Waals surface area contributed by atoms with Gasteiger partial charge in [0.05, 0.1) is 10.9 Å². The minimum atomic E-state index is -3.51. The topological polar surface area (TPSA) is 57.6 Å². The van der Waals surface area contributed by atoms with E-state index in [1.54, 1.807) is 12.1 Å². The van der Waals surface area contributed by atoms with Crippen molar-refractivity contribution in [3.05, 3.63) is 47.8 Å². The van der Waals surface area contributed by atoms with Gasteiger partial charge in [0.2, 0.25) is 10.0 Å². The van der Waals surface area contributed by atoms with Crippen molar-refractivity contribution in [3.63, 3.8) is 0 Å². The standard InChI is InChI=1S/C20H28N4O2S2/c1-5-23(6-2)28(25,26)17-10-9-15(3)18(14-17)21-20(27)24-13-12-22-11-7-8-19(22)16(24)4/h7-11,14,16H,5-6,12-13H2,1-4H3,(H,21,27). The molecule has 0 aliphatic carbocycles. The number of hydrogen-bond acceptors (Lipinski definition) is 3. The van der Waals surface area contributed by atoms with E-state index in [1.165, 1.54) is 10.00 Å². The van der Waals surface area contributed by atoms with Crippen LogP contribution in [0.1, 0.15) is 38.1 Å². The van der Waals surface area contributed by atoms with Crippen molar-refractivity contribution >= 4 is 33.0 Å². The van der Waals surface area contributed by atoms with Crippen LogP contribution in [0.15, 0.2) is 41.4 Å². The number of fused-ring (bicyclic) bond motifs is 1. The first-order chi connectivity index (χ1) is 13.3. The fourth-order valence-corrected chi connectivity index (χ4v) is 5.50. The Hall–Kier alpha value is -1.90. The van der Waals surface area contributed by atoms with Crippen molar-refractivity contribution in [2.75, 3.05) is 25.0 Å². The molecule has 1 aliphatic rings. The average Bonchev–Trinajstić information content (AvgIpc) is 3.14. The first-order valence-corrected chi connectivity index (χ1v) is 11.5. The SMILES string of the molecule is CCN(CC)S(=O)(=O)c1ccc(C)c(NC(=S)N2CCn3cccc3C2C)c1. The Labute approximate surface area is 173 Å². The summed E-state index contributed by atoms with van der Waals surface area (Å²) in [5, 5.41) is 3.90. The van der Waals surface area contributed by atoms with E-state index in [1.807, 2.05) is 26.8 Å². The van der Waals surface area contributed by atoms with E-state index in [-0.39, 0.29) is 10.9 Å². The van der Waals surface area contributed by atoms with E-state index in [2.05, 4.69) is 40.0 Å². The van der Waals surface area contributed by atoms with E-state index < -0.39 is 10.0 Å². The molecule has 2 aromatic rings. The maximum Gasteiger partial charge on any atom is 0.243 e. The van der Waals surface area contributed by atoms with Crippen LogP contribution >= 0.6 is 12.2 Å². The summed E-state index contributed by atoms with van der Waals surface area (Å²) < 4.78 is 29.4. The molecule has 0 saturated heterocycles. The molecular formula is C20H28N4O2S2. The van der Waals surface area contributed by atoms with E-state index >= 15 is 0 Å². The van der Waals surface area contributed by atoms with Gasteiger partial charge in [-0.3, -0.25) is 0 Å². The zero-order chi connectivity index (χ0) is 20.5. The third-order valence-electron chi connectivity index (χ3n) is 5.40. The van der Waals surface area contributed by atoms with E-state index in [0.29, 0.717) is 18.2 Å². The lowest BCUT2D eigenvalue weighted by molar-refractivity contribution is 0.276. The molecular weight excluding hydrogens is 392 g/mol. The maximum atomic E-state index is 12.9. The molecule has 1 N–H and O–H groups in total. The van der Waals surface area contributed by atoms with Crippen LogP contribution in [-0.2, 0) is 16.6 Å². The number of rotatable bonds is 5. The lowest BCUT2D eigenvalue weighted by atomic mass is 10.1. The molecule has 152 valence electrons. The highest BCUT2D eigenvalue weighted by molar-refractivity contribution is 7.89. The first-order valence-electron chi connectivity index (χ1n) is 9.63. The van der Waals surface area contributed by atoms with E-state index in [4.69, 9.17) is 12.2 Å². The highest BCUT2D eigenvalue weighted by atomic mass is 32.2. The Morgan fingerprint density at radius 1 is 1.25 bits per heavy atom. The van der Waals surface area contributed by atoms with Crippen LogP contribution in [0.25, 0.3) is 0 Å². The van der Waals surface area contributed by atoms with Gasteiger partial charge >= 0.3 is 0 Å². The van der Waals surface area contributed by atoms with Crippen LogP contribution in [0.5, 0.6) is 0 Å². The molecule has 1 aromatic carbocycles. The van der Waals surface area contributed by atoms with E-state index in [9.17, 15) is 8.42 Å². The zero-order valence-corrected chi connectivity index (χ0v) is 18.5. The van der Waals surface area contributed by atoms with Crippen molar-refractivity contribution in [1.29, 1.82) is 0 Å². The second-order valence-corrected chi connectivity index (χ2v) is 9.32. The summed E-state index contributed by atoms with van der Waals surface area (Å²) in [7, 11) is -3.51. The smallest absolute Gasteiger partial charge is 0.243 e. The fraction of sp³-hybridized carbons (Fsp3) is 0.450. The average molecular weight is 421 g/mol. The Morgan fingerprint density at radius 2 is 1.96 bits per heavy atom. The Balaban J connectivity index is 1.84. The van der Waals surface area contributed by atoms with Crippen molar-refractivity contribution in [2.24, 2.45) is 0 Å². The third kappa shape index (κ3) is 3.81. The summed E-state index contributed by atoms with van der Waals surface area (Å²) >= 11 is 5.68. The van der Waals surface area contributed by atoms with Crippen LogP contribution in [0.3, 0.4) is 0 Å². The molecule has 3 rings (SSSR count). The Bertz CT molecular complexity index is 964. The predicted octanol–water partition coefficient (Wildman–Crippen LogP) is 3.60. The summed E-state index contributed by atoms with van der Waals surface area (Å²) in [6, 6.07) is 9.50. The fourth-order valence-electron chi connectivity index (χ4n) is 3.65. The highest BCUT2D eigenvalue weighted by Gasteiger charge is 2.26. The molecule has 1 aromatic heterocycles. The number of benzene rings is 1. The molecule has 6 nitrogen and oxygen atoms in total. The van der Waals surface area contributed by atoms with Gasteiger partial charge < -0.3 is 14.8 Å². The molecule has 28 heavy (non-hydrogen) atoms. The number of hydrogen-bond donors (Lipinski definition) is 1. The largest absolute Gasteiger partial charge is 0.348 e. The van der Waals surface area contributed by atoms with Crippen LogP contribution in [0.4, 0.5) is 5.69 Å². The van der Waals surface area contributed by atoms with Gasteiger partial charge in [0, 0.05) is 43.8 Å². The maximum absolute atomic E-state index is 12.9. The summed E-state index contributed by atoms with van der Waals surface area (Å²) in [5.74, 6) is 0. The van der Waals surface area contributed by atoms with Gasteiger partial charge in [-0.1, -0.05) is 19.9 Å². The predicted molar refractivity (Wildman–Crippen MR) is 117 cm³/mol. The van der Waals surface area contributed by atoms with Gasteiger partial charge in [-0.25, -0.2) is 8.42 Å². The van der Waals surface area contributed by atoms with Crippen molar-refractivity contribution in [1.82, 2.24) is 13.8 Å². The molecule has 0 bridgehead atoms. The van der Waals surface area contributed by atoms with Crippen molar-refractivity contribution in [3.8, 4) is 0 Å². The molecule has 0 amide bonds. The molecule has 8 heteroatoms. The minimum Gasteiger partial charge on any atom is -0.348 e. The monoisotopic (exact) mass is 420 g/mol. The Kier molecular flexibility index (Phi) is 6.12. The number of aromatic nitrogens is 1. The number of nitrogens with one attached hydrogen (secondary N) is 1. The molecule has 0 fully saturated rings. The molecule has 0 spiro atoms. The molecule has 1 aliphatic heterocycles. The van der Waals surface area contributed by atoms with Crippen LogP contribution < -0.4 is 5.32 Å². The van der Waals surface area contributed by atoms with Gasteiger partial charge in [0.1, 0.15) is 0 Å². The van der Waals surface area contributed by atoms with Crippen LogP contribution in [-0.4, -0.2) is 46.9 Å². The quantitative estimate of drug-likeness (QED) is 0.749. The number of sulfonamides is 1. The molecule has 0 radical (unpaired) electrons. The first kappa shape index (κ1) is 20.8. The number of nitrogens with zero attached hydrogens (tertiary/aromatic N) is 3. The summed E-state index contributed by atoms with van der Waals surface area (Å²) in [5.41, 5.74) is 2.91. The second-order valence-electron chi connectivity index (χ2n) is 6.99. The lowest BCUT2D eigenvalue weighted by Crippen LogP contribution is -2.43. The van der Waals surface area contributed by atoms with Crippen molar-refractivity contribution in [2.45, 2.75) is 45.2 Å². The summed E-state index contributed by atoms with van der Waals surface area (Å²) in [6.45, 7) is 10.3. The number of thiocarbonyl (C=S) groups is 1. The van der Waals surface area contributed by atoms with Gasteiger partial charge in [-0.05, 0) is 55.9 Å². The second kappa shape index (κ2) is 8.23. The van der Waals surface area contributed by atoms with Gasteiger partial charge in [0.25, 0.3) is 0 Å². The zero-order valence-electron chi connectivity index (χ0n) is 16.8. The van der Waals surface area contributed by atoms with Gasteiger partial charge in [-0.2, -0.15) is 4.31 Å². The van der Waals surface area contributed by atoms with Crippen molar-refractivity contribution < 1.29 is 8.42 Å². The summed E-state index contributed by atoms with van der Waals surface area (Å²) in [4.78, 5) is 2.43. The molecule has 1 unspecified atom stereocenters. The third-order valence-corrected chi connectivity index (χ3v) is 7.78.